The van der Waals surface area contributed by atoms with Crippen LogP contribution in [0.4, 0.5) is 5.82 Å². The lowest BCUT2D eigenvalue weighted by molar-refractivity contribution is 0.404. The van der Waals surface area contributed by atoms with Crippen LogP contribution in [0, 0.1) is 0 Å². The van der Waals surface area contributed by atoms with Crippen LogP contribution >= 0.6 is 11.8 Å². The zero-order chi connectivity index (χ0) is 17.0. The van der Waals surface area contributed by atoms with Gasteiger partial charge in [0.2, 0.25) is 0 Å². The predicted octanol–water partition coefficient (Wildman–Crippen LogP) is 2.85. The summed E-state index contributed by atoms with van der Waals surface area (Å²) in [7, 11) is 0.141. The molecule has 0 aliphatic rings. The minimum Gasteiger partial charge on any atom is -0.496 e. The molecule has 0 N–H and O–H groups in total. The first-order valence-corrected chi connectivity index (χ1v) is 10.1. The molecular weight excluding hydrogens is 332 g/mol. The van der Waals surface area contributed by atoms with E-state index < -0.39 is 9.84 Å². The van der Waals surface area contributed by atoms with E-state index >= 15 is 0 Å². The van der Waals surface area contributed by atoms with Crippen molar-refractivity contribution in [2.75, 3.05) is 31.6 Å². The van der Waals surface area contributed by atoms with Gasteiger partial charge in [-0.3, -0.25) is 0 Å². The van der Waals surface area contributed by atoms with Crippen LogP contribution in [0.15, 0.2) is 46.3 Å². The van der Waals surface area contributed by atoms with E-state index in [0.717, 1.165) is 16.2 Å². The van der Waals surface area contributed by atoms with E-state index in [9.17, 15) is 8.42 Å². The SMILES string of the molecule is COc1cc(CN(C)c2ncccc2S(C)(=O)=O)ccc1SC. The molecule has 0 bridgehead atoms. The Hall–Kier alpha value is -1.73. The Morgan fingerprint density at radius 1 is 1.30 bits per heavy atom. The van der Waals surface area contributed by atoms with Crippen molar-refractivity contribution in [2.45, 2.75) is 16.3 Å². The quantitative estimate of drug-likeness (QED) is 0.745. The minimum atomic E-state index is -3.33. The van der Waals surface area contributed by atoms with Crippen molar-refractivity contribution in [2.24, 2.45) is 0 Å². The first-order valence-electron chi connectivity index (χ1n) is 6.94. The van der Waals surface area contributed by atoms with E-state index in [1.54, 1.807) is 37.2 Å². The van der Waals surface area contributed by atoms with Crippen LogP contribution in [0.25, 0.3) is 0 Å². The molecule has 0 aliphatic carbocycles. The van der Waals surface area contributed by atoms with Gasteiger partial charge in [0.1, 0.15) is 16.5 Å². The molecule has 1 aromatic heterocycles. The number of rotatable bonds is 6. The topological polar surface area (TPSA) is 59.5 Å². The average Bonchev–Trinajstić information content (AvgIpc) is 2.53. The van der Waals surface area contributed by atoms with Crippen LogP contribution in [-0.4, -0.2) is 40.1 Å². The molecule has 23 heavy (non-hydrogen) atoms. The highest BCUT2D eigenvalue weighted by molar-refractivity contribution is 7.98. The third kappa shape index (κ3) is 4.17. The Morgan fingerprint density at radius 3 is 2.65 bits per heavy atom. The summed E-state index contributed by atoms with van der Waals surface area (Å²) < 4.78 is 29.2. The molecule has 0 unspecified atom stereocenters. The molecule has 0 radical (unpaired) electrons. The molecule has 7 heteroatoms. The van der Waals surface area contributed by atoms with Crippen molar-refractivity contribution >= 4 is 27.4 Å². The summed E-state index contributed by atoms with van der Waals surface area (Å²) >= 11 is 1.62. The largest absolute Gasteiger partial charge is 0.496 e. The Balaban J connectivity index is 2.32. The maximum absolute atomic E-state index is 11.9. The Kier molecular flexibility index (Phi) is 5.54. The molecule has 0 saturated heterocycles. The second kappa shape index (κ2) is 7.23. The second-order valence-electron chi connectivity index (χ2n) is 5.14. The number of hydrogen-bond acceptors (Lipinski definition) is 6. The maximum atomic E-state index is 11.9. The zero-order valence-electron chi connectivity index (χ0n) is 13.6. The number of methoxy groups -OCH3 is 1. The van der Waals surface area contributed by atoms with Gasteiger partial charge in [-0.05, 0) is 36.1 Å². The monoisotopic (exact) mass is 352 g/mol. The first kappa shape index (κ1) is 17.6. The molecule has 0 fully saturated rings. The van der Waals surface area contributed by atoms with Gasteiger partial charge in [-0.1, -0.05) is 6.07 Å². The van der Waals surface area contributed by atoms with Crippen LogP contribution in [0.3, 0.4) is 0 Å². The van der Waals surface area contributed by atoms with Crippen LogP contribution in [0.2, 0.25) is 0 Å². The summed E-state index contributed by atoms with van der Waals surface area (Å²) in [5, 5.41) is 0. The Morgan fingerprint density at radius 2 is 2.04 bits per heavy atom. The molecule has 2 aromatic rings. The molecular formula is C16H20N2O3S2. The third-order valence-electron chi connectivity index (χ3n) is 3.38. The van der Waals surface area contributed by atoms with Crippen molar-refractivity contribution in [3.8, 4) is 5.75 Å². The molecule has 0 amide bonds. The normalized spacial score (nSPS) is 11.3. The van der Waals surface area contributed by atoms with Crippen LogP contribution in [0.1, 0.15) is 5.56 Å². The van der Waals surface area contributed by atoms with E-state index in [4.69, 9.17) is 4.74 Å². The number of anilines is 1. The number of sulfone groups is 1. The highest BCUT2D eigenvalue weighted by Gasteiger charge is 2.17. The summed E-state index contributed by atoms with van der Waals surface area (Å²) in [5.41, 5.74) is 1.02. The molecule has 0 saturated carbocycles. The lowest BCUT2D eigenvalue weighted by Crippen LogP contribution is -2.20. The number of pyridine rings is 1. The first-order chi connectivity index (χ1) is 10.9. The van der Waals surface area contributed by atoms with Gasteiger partial charge in [-0.25, -0.2) is 13.4 Å². The van der Waals surface area contributed by atoms with Gasteiger partial charge in [-0.15, -0.1) is 11.8 Å². The third-order valence-corrected chi connectivity index (χ3v) is 5.27. The average molecular weight is 352 g/mol. The smallest absolute Gasteiger partial charge is 0.179 e. The van der Waals surface area contributed by atoms with Crippen molar-refractivity contribution in [3.63, 3.8) is 0 Å². The number of ether oxygens (including phenoxy) is 1. The van der Waals surface area contributed by atoms with Crippen molar-refractivity contribution in [1.82, 2.24) is 4.98 Å². The Bertz CT molecular complexity index is 792. The fourth-order valence-electron chi connectivity index (χ4n) is 2.29. The standard InChI is InChI=1S/C16H20N2O3S2/c1-18(16-15(23(4,19)20)6-5-9-17-16)11-12-7-8-14(22-3)13(10-12)21-2/h5-10H,11H2,1-4H3. The lowest BCUT2D eigenvalue weighted by Gasteiger charge is -2.21. The summed E-state index contributed by atoms with van der Waals surface area (Å²) in [6.45, 7) is 0.532. The molecule has 2 rings (SSSR count). The maximum Gasteiger partial charge on any atom is 0.179 e. The van der Waals surface area contributed by atoms with E-state index in [-0.39, 0.29) is 4.90 Å². The van der Waals surface area contributed by atoms with E-state index in [0.29, 0.717) is 12.4 Å². The molecule has 0 spiro atoms. The summed E-state index contributed by atoms with van der Waals surface area (Å²) in [6, 6.07) is 9.18. The summed E-state index contributed by atoms with van der Waals surface area (Å²) in [5.74, 6) is 1.26. The van der Waals surface area contributed by atoms with E-state index in [1.807, 2.05) is 36.4 Å². The van der Waals surface area contributed by atoms with Gasteiger partial charge in [0.25, 0.3) is 0 Å². The fourth-order valence-corrected chi connectivity index (χ4v) is 3.70. The Labute approximate surface area is 141 Å². The van der Waals surface area contributed by atoms with Gasteiger partial charge in [0.05, 0.1) is 7.11 Å². The van der Waals surface area contributed by atoms with E-state index in [1.165, 1.54) is 6.26 Å². The molecule has 1 heterocycles. The second-order valence-corrected chi connectivity index (χ2v) is 7.97. The fraction of sp³-hybridized carbons (Fsp3) is 0.312. The molecule has 0 aliphatic heterocycles. The molecule has 1 aromatic carbocycles. The van der Waals surface area contributed by atoms with Crippen LogP contribution in [-0.2, 0) is 16.4 Å². The van der Waals surface area contributed by atoms with Crippen molar-refractivity contribution in [1.29, 1.82) is 0 Å². The molecule has 124 valence electrons. The number of thioether (sulfide) groups is 1. The van der Waals surface area contributed by atoms with Gasteiger partial charge >= 0.3 is 0 Å². The summed E-state index contributed by atoms with van der Waals surface area (Å²) in [4.78, 5) is 7.35. The highest BCUT2D eigenvalue weighted by atomic mass is 32.2. The minimum absolute atomic E-state index is 0.232. The van der Waals surface area contributed by atoms with Gasteiger partial charge in [-0.2, -0.15) is 0 Å². The number of benzene rings is 1. The van der Waals surface area contributed by atoms with Gasteiger partial charge in [0, 0.05) is 30.9 Å². The zero-order valence-corrected chi connectivity index (χ0v) is 15.2. The van der Waals surface area contributed by atoms with Crippen molar-refractivity contribution in [3.05, 3.63) is 42.1 Å². The van der Waals surface area contributed by atoms with Gasteiger partial charge < -0.3 is 9.64 Å². The lowest BCUT2D eigenvalue weighted by atomic mass is 10.2. The van der Waals surface area contributed by atoms with E-state index in [2.05, 4.69) is 4.98 Å². The van der Waals surface area contributed by atoms with Crippen LogP contribution < -0.4 is 9.64 Å². The van der Waals surface area contributed by atoms with Crippen LogP contribution in [0.5, 0.6) is 5.75 Å². The molecule has 0 atom stereocenters. The predicted molar refractivity (Wildman–Crippen MR) is 94.2 cm³/mol. The molecule has 5 nitrogen and oxygen atoms in total. The highest BCUT2D eigenvalue weighted by Crippen LogP contribution is 2.29. The summed E-state index contributed by atoms with van der Waals surface area (Å²) in [6.07, 6.45) is 4.78. The van der Waals surface area contributed by atoms with Gasteiger partial charge in [0.15, 0.2) is 9.84 Å². The number of aromatic nitrogens is 1. The van der Waals surface area contributed by atoms with Crippen molar-refractivity contribution < 1.29 is 13.2 Å². The number of hydrogen-bond donors (Lipinski definition) is 0. The number of nitrogens with zero attached hydrogens (tertiary/aromatic N) is 2.